The highest BCUT2D eigenvalue weighted by atomic mass is 35.5. The van der Waals surface area contributed by atoms with Gasteiger partial charge in [-0.2, -0.15) is 0 Å². The van der Waals surface area contributed by atoms with E-state index in [2.05, 4.69) is 34.4 Å². The van der Waals surface area contributed by atoms with Crippen LogP contribution >= 0.6 is 11.6 Å². The molecule has 1 aliphatic heterocycles. The van der Waals surface area contributed by atoms with E-state index in [-0.39, 0.29) is 23.3 Å². The Hall–Kier alpha value is -1.20. The van der Waals surface area contributed by atoms with Gasteiger partial charge in [0.05, 0.1) is 6.04 Å². The Kier molecular flexibility index (Phi) is 3.82. The van der Waals surface area contributed by atoms with Crippen LogP contribution in [0.4, 0.5) is 5.95 Å². The Morgan fingerprint density at radius 1 is 1.61 bits per heavy atom. The molecule has 6 heteroatoms. The number of anilines is 1. The fraction of sp³-hybridized carbons (Fsp3) is 0.583. The SMILES string of the molecule is CC1(C)CCCNC1C(=O)Nc1nccc(Cl)n1. The summed E-state index contributed by atoms with van der Waals surface area (Å²) >= 11 is 5.75. The Morgan fingerprint density at radius 2 is 2.39 bits per heavy atom. The van der Waals surface area contributed by atoms with Crippen molar-refractivity contribution in [2.24, 2.45) is 5.41 Å². The molecule has 0 radical (unpaired) electrons. The number of carbonyl (C=O) groups is 1. The second-order valence-electron chi connectivity index (χ2n) is 5.17. The molecular weight excluding hydrogens is 252 g/mol. The third-order valence-electron chi connectivity index (χ3n) is 3.25. The predicted molar refractivity (Wildman–Crippen MR) is 70.5 cm³/mol. The second-order valence-corrected chi connectivity index (χ2v) is 5.56. The lowest BCUT2D eigenvalue weighted by atomic mass is 9.77. The molecule has 1 aromatic heterocycles. The van der Waals surface area contributed by atoms with Crippen LogP contribution < -0.4 is 10.6 Å². The molecule has 0 aliphatic carbocycles. The van der Waals surface area contributed by atoms with Crippen molar-refractivity contribution in [3.8, 4) is 0 Å². The number of nitrogens with one attached hydrogen (secondary N) is 2. The zero-order valence-corrected chi connectivity index (χ0v) is 11.3. The summed E-state index contributed by atoms with van der Waals surface area (Å²) in [7, 11) is 0. The molecule has 98 valence electrons. The lowest BCUT2D eigenvalue weighted by Crippen LogP contribution is -2.53. The zero-order chi connectivity index (χ0) is 13.2. The van der Waals surface area contributed by atoms with Crippen LogP contribution in [-0.4, -0.2) is 28.5 Å². The molecule has 1 saturated heterocycles. The number of halogens is 1. The summed E-state index contributed by atoms with van der Waals surface area (Å²) in [5, 5.41) is 6.26. The highest BCUT2D eigenvalue weighted by Crippen LogP contribution is 2.30. The number of hydrogen-bond donors (Lipinski definition) is 2. The van der Waals surface area contributed by atoms with Gasteiger partial charge in [0, 0.05) is 6.20 Å². The van der Waals surface area contributed by atoms with E-state index in [0.29, 0.717) is 5.15 Å². The van der Waals surface area contributed by atoms with Gasteiger partial charge in [0.25, 0.3) is 0 Å². The van der Waals surface area contributed by atoms with Gasteiger partial charge in [-0.05, 0) is 30.9 Å². The van der Waals surface area contributed by atoms with Crippen LogP contribution in [-0.2, 0) is 4.79 Å². The third-order valence-corrected chi connectivity index (χ3v) is 3.46. The van der Waals surface area contributed by atoms with Crippen LogP contribution in [0.2, 0.25) is 5.15 Å². The molecule has 1 atom stereocenters. The number of hydrogen-bond acceptors (Lipinski definition) is 4. The first-order valence-corrected chi connectivity index (χ1v) is 6.40. The summed E-state index contributed by atoms with van der Waals surface area (Å²) in [5.41, 5.74) is -0.0685. The van der Waals surface area contributed by atoms with E-state index in [4.69, 9.17) is 11.6 Å². The number of piperidine rings is 1. The molecule has 5 nitrogen and oxygen atoms in total. The Labute approximate surface area is 111 Å². The van der Waals surface area contributed by atoms with Gasteiger partial charge >= 0.3 is 0 Å². The zero-order valence-electron chi connectivity index (χ0n) is 10.5. The third kappa shape index (κ3) is 2.97. The highest BCUT2D eigenvalue weighted by molar-refractivity contribution is 6.29. The van der Waals surface area contributed by atoms with Crippen molar-refractivity contribution in [2.45, 2.75) is 32.7 Å². The fourth-order valence-electron chi connectivity index (χ4n) is 2.24. The normalized spacial score (nSPS) is 22.5. The van der Waals surface area contributed by atoms with Gasteiger partial charge in [0.15, 0.2) is 0 Å². The second kappa shape index (κ2) is 5.20. The molecule has 2 heterocycles. The van der Waals surface area contributed by atoms with Gasteiger partial charge < -0.3 is 5.32 Å². The summed E-state index contributed by atoms with van der Waals surface area (Å²) in [6.45, 7) is 5.03. The van der Waals surface area contributed by atoms with Crippen molar-refractivity contribution < 1.29 is 4.79 Å². The molecule has 2 N–H and O–H groups in total. The monoisotopic (exact) mass is 268 g/mol. The minimum absolute atomic E-state index is 0.0685. The average Bonchev–Trinajstić information content (AvgIpc) is 2.28. The standard InChI is InChI=1S/C12H17ClN4O/c1-12(2)5-3-6-14-9(12)10(18)17-11-15-7-4-8(13)16-11/h4,7,9,14H,3,5-6H2,1-2H3,(H,15,16,17,18). The van der Waals surface area contributed by atoms with Crippen molar-refractivity contribution in [1.82, 2.24) is 15.3 Å². The molecule has 1 aromatic rings. The topological polar surface area (TPSA) is 66.9 Å². The first-order chi connectivity index (χ1) is 8.49. The van der Waals surface area contributed by atoms with Crippen molar-refractivity contribution in [3.63, 3.8) is 0 Å². The highest BCUT2D eigenvalue weighted by Gasteiger charge is 2.37. The number of aromatic nitrogens is 2. The molecule has 2 rings (SSSR count). The van der Waals surface area contributed by atoms with Gasteiger partial charge in [-0.1, -0.05) is 25.4 Å². The number of carbonyl (C=O) groups excluding carboxylic acids is 1. The smallest absolute Gasteiger partial charge is 0.244 e. The van der Waals surface area contributed by atoms with Gasteiger partial charge in [-0.15, -0.1) is 0 Å². The first-order valence-electron chi connectivity index (χ1n) is 6.02. The fourth-order valence-corrected chi connectivity index (χ4v) is 2.37. The maximum atomic E-state index is 12.2. The Bertz CT molecular complexity index is 449. The van der Waals surface area contributed by atoms with Crippen LogP contribution in [0.3, 0.4) is 0 Å². The van der Waals surface area contributed by atoms with E-state index in [9.17, 15) is 4.79 Å². The summed E-state index contributed by atoms with van der Waals surface area (Å²) in [6, 6.07) is 1.34. The predicted octanol–water partition coefficient (Wildman–Crippen LogP) is 1.85. The Balaban J connectivity index is 2.07. The molecule has 1 amide bonds. The molecule has 0 spiro atoms. The molecule has 1 aliphatic rings. The van der Waals surface area contributed by atoms with E-state index in [1.807, 2.05) is 0 Å². The molecule has 0 aromatic carbocycles. The van der Waals surface area contributed by atoms with Crippen LogP contribution in [0.25, 0.3) is 0 Å². The number of nitrogens with zero attached hydrogens (tertiary/aromatic N) is 2. The van der Waals surface area contributed by atoms with Crippen LogP contribution in [0.1, 0.15) is 26.7 Å². The molecule has 0 saturated carbocycles. The van der Waals surface area contributed by atoms with E-state index < -0.39 is 0 Å². The van der Waals surface area contributed by atoms with Crippen molar-refractivity contribution >= 4 is 23.5 Å². The summed E-state index contributed by atoms with van der Waals surface area (Å²) in [4.78, 5) is 20.1. The molecule has 0 bridgehead atoms. The summed E-state index contributed by atoms with van der Waals surface area (Å²) in [5.74, 6) is 0.137. The quantitative estimate of drug-likeness (QED) is 0.804. The number of amides is 1. The van der Waals surface area contributed by atoms with Crippen LogP contribution in [0, 0.1) is 5.41 Å². The average molecular weight is 269 g/mol. The molecule has 1 unspecified atom stereocenters. The maximum Gasteiger partial charge on any atom is 0.244 e. The van der Waals surface area contributed by atoms with Crippen molar-refractivity contribution in [2.75, 3.05) is 11.9 Å². The van der Waals surface area contributed by atoms with Crippen LogP contribution in [0.15, 0.2) is 12.3 Å². The molecular formula is C12H17ClN4O. The molecule has 1 fully saturated rings. The lowest BCUT2D eigenvalue weighted by Gasteiger charge is -2.38. The van der Waals surface area contributed by atoms with E-state index in [1.54, 1.807) is 6.07 Å². The van der Waals surface area contributed by atoms with E-state index in [0.717, 1.165) is 19.4 Å². The van der Waals surface area contributed by atoms with Gasteiger partial charge in [0.1, 0.15) is 5.15 Å². The minimum atomic E-state index is -0.228. The van der Waals surface area contributed by atoms with Crippen molar-refractivity contribution in [3.05, 3.63) is 17.4 Å². The number of rotatable bonds is 2. The summed E-state index contributed by atoms with van der Waals surface area (Å²) in [6.07, 6.45) is 3.63. The first kappa shape index (κ1) is 13.2. The maximum absolute atomic E-state index is 12.2. The minimum Gasteiger partial charge on any atom is -0.305 e. The van der Waals surface area contributed by atoms with Gasteiger partial charge in [-0.25, -0.2) is 9.97 Å². The largest absolute Gasteiger partial charge is 0.305 e. The van der Waals surface area contributed by atoms with Gasteiger partial charge in [0.2, 0.25) is 11.9 Å². The van der Waals surface area contributed by atoms with Crippen molar-refractivity contribution in [1.29, 1.82) is 0 Å². The lowest BCUT2D eigenvalue weighted by molar-refractivity contribution is -0.121. The van der Waals surface area contributed by atoms with E-state index in [1.165, 1.54) is 6.20 Å². The van der Waals surface area contributed by atoms with E-state index >= 15 is 0 Å². The van der Waals surface area contributed by atoms with Gasteiger partial charge in [-0.3, -0.25) is 10.1 Å². The molecule has 18 heavy (non-hydrogen) atoms. The summed E-state index contributed by atoms with van der Waals surface area (Å²) < 4.78 is 0. The van der Waals surface area contributed by atoms with Crippen LogP contribution in [0.5, 0.6) is 0 Å². The Morgan fingerprint density at radius 3 is 3.06 bits per heavy atom.